The Morgan fingerprint density at radius 1 is 1.47 bits per heavy atom. The maximum Gasteiger partial charge on any atom is 0.214 e. The summed E-state index contributed by atoms with van der Waals surface area (Å²) >= 11 is 0. The average Bonchev–Trinajstić information content (AvgIpc) is 2.26. The van der Waals surface area contributed by atoms with E-state index in [0.29, 0.717) is 6.54 Å². The van der Waals surface area contributed by atoms with Crippen molar-refractivity contribution in [2.45, 2.75) is 44.7 Å². The Kier molecular flexibility index (Phi) is 7.55. The number of alkyl halides is 1. The quantitative estimate of drug-likeness (QED) is 0.829. The van der Waals surface area contributed by atoms with Gasteiger partial charge in [-0.1, -0.05) is 6.42 Å². The molecular weight excluding hydrogens is 267 g/mol. The summed E-state index contributed by atoms with van der Waals surface area (Å²) in [6, 6.07) is -0.279. The van der Waals surface area contributed by atoms with Crippen molar-refractivity contribution in [1.82, 2.24) is 4.31 Å². The van der Waals surface area contributed by atoms with Gasteiger partial charge in [0, 0.05) is 18.6 Å². The molecule has 1 fully saturated rings. The highest BCUT2D eigenvalue weighted by Crippen LogP contribution is 2.22. The lowest BCUT2D eigenvalue weighted by Gasteiger charge is -2.36. The van der Waals surface area contributed by atoms with Gasteiger partial charge in [-0.25, -0.2) is 8.42 Å². The van der Waals surface area contributed by atoms with Gasteiger partial charge in [-0.2, -0.15) is 4.31 Å². The van der Waals surface area contributed by atoms with Gasteiger partial charge in [0.25, 0.3) is 0 Å². The van der Waals surface area contributed by atoms with Crippen LogP contribution in [-0.2, 0) is 10.0 Å². The molecule has 0 bridgehead atoms. The van der Waals surface area contributed by atoms with E-state index in [1.807, 2.05) is 6.92 Å². The normalized spacial score (nSPS) is 24.1. The van der Waals surface area contributed by atoms with Crippen LogP contribution < -0.4 is 5.73 Å². The summed E-state index contributed by atoms with van der Waals surface area (Å²) in [6.45, 7) is 1.77. The highest BCUT2D eigenvalue weighted by Gasteiger charge is 2.33. The summed E-state index contributed by atoms with van der Waals surface area (Å²) in [5.41, 5.74) is 5.80. The Bertz CT molecular complexity index is 311. The van der Waals surface area contributed by atoms with E-state index in [1.165, 1.54) is 4.31 Å². The van der Waals surface area contributed by atoms with Crippen molar-refractivity contribution in [1.29, 1.82) is 0 Å². The molecule has 1 saturated heterocycles. The molecule has 0 radical (unpaired) electrons. The van der Waals surface area contributed by atoms with Crippen LogP contribution in [0.25, 0.3) is 0 Å². The number of halogens is 2. The van der Waals surface area contributed by atoms with E-state index in [1.54, 1.807) is 0 Å². The standard InChI is InChI=1S/C10H21FN2O2S.ClH/c1-9(12)10-5-2-3-7-13(10)16(14,15)8-4-6-11;/h9-10H,2-8,12H2,1H3;1H. The van der Waals surface area contributed by atoms with Crippen LogP contribution in [0, 0.1) is 0 Å². The first-order valence-electron chi connectivity index (χ1n) is 5.80. The Hall–Kier alpha value is 0.0900. The summed E-state index contributed by atoms with van der Waals surface area (Å²) in [5.74, 6) is -0.104. The molecule has 0 aromatic rings. The zero-order valence-corrected chi connectivity index (χ0v) is 11.8. The molecule has 7 heteroatoms. The third kappa shape index (κ3) is 4.69. The van der Waals surface area contributed by atoms with E-state index >= 15 is 0 Å². The van der Waals surface area contributed by atoms with Gasteiger partial charge in [0.2, 0.25) is 10.0 Å². The van der Waals surface area contributed by atoms with Gasteiger partial charge in [-0.15, -0.1) is 12.4 Å². The van der Waals surface area contributed by atoms with E-state index in [9.17, 15) is 12.8 Å². The molecular formula is C10H22ClFN2O2S. The Morgan fingerprint density at radius 3 is 2.65 bits per heavy atom. The molecule has 0 saturated carbocycles. The Morgan fingerprint density at radius 2 is 2.12 bits per heavy atom. The molecule has 4 nitrogen and oxygen atoms in total. The fourth-order valence-electron chi connectivity index (χ4n) is 2.16. The zero-order valence-electron chi connectivity index (χ0n) is 10.1. The van der Waals surface area contributed by atoms with Crippen molar-refractivity contribution in [2.75, 3.05) is 19.0 Å². The SMILES string of the molecule is CC(N)C1CCCCN1S(=O)(=O)CCCF.Cl. The third-order valence-electron chi connectivity index (χ3n) is 3.00. The number of piperidine rings is 1. The summed E-state index contributed by atoms with van der Waals surface area (Å²) in [5, 5.41) is 0. The molecule has 17 heavy (non-hydrogen) atoms. The molecule has 0 aromatic heterocycles. The number of hydrogen-bond acceptors (Lipinski definition) is 3. The molecule has 2 N–H and O–H groups in total. The largest absolute Gasteiger partial charge is 0.326 e. The van der Waals surface area contributed by atoms with Crippen LogP contribution in [0.5, 0.6) is 0 Å². The predicted octanol–water partition coefficient (Wildman–Crippen LogP) is 1.30. The number of sulfonamides is 1. The van der Waals surface area contributed by atoms with Gasteiger partial charge in [0.1, 0.15) is 0 Å². The molecule has 0 amide bonds. The van der Waals surface area contributed by atoms with Crippen LogP contribution in [0.3, 0.4) is 0 Å². The molecule has 2 atom stereocenters. The van der Waals surface area contributed by atoms with E-state index in [4.69, 9.17) is 5.73 Å². The summed E-state index contributed by atoms with van der Waals surface area (Å²) in [6.07, 6.45) is 2.77. The molecule has 104 valence electrons. The topological polar surface area (TPSA) is 63.4 Å². The van der Waals surface area contributed by atoms with Gasteiger partial charge >= 0.3 is 0 Å². The maximum atomic E-state index is 12.0. The molecule has 1 heterocycles. The van der Waals surface area contributed by atoms with Gasteiger partial charge in [0.15, 0.2) is 0 Å². The van der Waals surface area contributed by atoms with Gasteiger partial charge in [-0.05, 0) is 26.2 Å². The number of hydrogen-bond donors (Lipinski definition) is 1. The second-order valence-corrected chi connectivity index (χ2v) is 6.43. The predicted molar refractivity (Wildman–Crippen MR) is 69.6 cm³/mol. The first-order valence-corrected chi connectivity index (χ1v) is 7.41. The molecule has 1 aliphatic heterocycles. The second-order valence-electron chi connectivity index (χ2n) is 4.39. The number of nitrogens with two attached hydrogens (primary N) is 1. The first-order chi connectivity index (χ1) is 7.49. The first kappa shape index (κ1) is 17.1. The van der Waals surface area contributed by atoms with E-state index in [-0.39, 0.29) is 36.7 Å². The smallest absolute Gasteiger partial charge is 0.214 e. The van der Waals surface area contributed by atoms with Crippen LogP contribution in [0.15, 0.2) is 0 Å². The molecule has 1 rings (SSSR count). The summed E-state index contributed by atoms with van der Waals surface area (Å²) in [7, 11) is -3.33. The van der Waals surface area contributed by atoms with E-state index in [0.717, 1.165) is 19.3 Å². The minimum Gasteiger partial charge on any atom is -0.326 e. The minimum absolute atomic E-state index is 0. The van der Waals surface area contributed by atoms with Crippen LogP contribution in [0.4, 0.5) is 4.39 Å². The lowest BCUT2D eigenvalue weighted by Crippen LogP contribution is -2.52. The maximum absolute atomic E-state index is 12.0. The van der Waals surface area contributed by atoms with Crippen LogP contribution in [0.1, 0.15) is 32.6 Å². The van der Waals surface area contributed by atoms with Crippen LogP contribution in [0.2, 0.25) is 0 Å². The summed E-state index contributed by atoms with van der Waals surface area (Å²) < 4.78 is 37.4. The van der Waals surface area contributed by atoms with Crippen molar-refractivity contribution in [3.05, 3.63) is 0 Å². The Labute approximate surface area is 109 Å². The average molecular weight is 289 g/mol. The van der Waals surface area contributed by atoms with E-state index < -0.39 is 16.7 Å². The lowest BCUT2D eigenvalue weighted by atomic mass is 10.00. The highest BCUT2D eigenvalue weighted by molar-refractivity contribution is 7.89. The fraction of sp³-hybridized carbons (Fsp3) is 1.00. The molecule has 0 spiro atoms. The molecule has 0 aromatic carbocycles. The van der Waals surface area contributed by atoms with Crippen LogP contribution in [-0.4, -0.2) is 43.8 Å². The molecule has 2 unspecified atom stereocenters. The fourth-order valence-corrected chi connectivity index (χ4v) is 3.98. The van der Waals surface area contributed by atoms with Gasteiger partial charge < -0.3 is 5.73 Å². The second kappa shape index (κ2) is 7.51. The summed E-state index contributed by atoms with van der Waals surface area (Å²) in [4.78, 5) is 0. The van der Waals surface area contributed by atoms with Crippen molar-refractivity contribution in [3.8, 4) is 0 Å². The Balaban J connectivity index is 0.00000256. The monoisotopic (exact) mass is 288 g/mol. The van der Waals surface area contributed by atoms with Crippen LogP contribution >= 0.6 is 12.4 Å². The minimum atomic E-state index is -3.33. The van der Waals surface area contributed by atoms with E-state index in [2.05, 4.69) is 0 Å². The molecule has 0 aliphatic carbocycles. The highest BCUT2D eigenvalue weighted by atomic mass is 35.5. The third-order valence-corrected chi connectivity index (χ3v) is 4.97. The van der Waals surface area contributed by atoms with Crippen molar-refractivity contribution in [2.24, 2.45) is 5.73 Å². The molecule has 1 aliphatic rings. The van der Waals surface area contributed by atoms with Gasteiger partial charge in [0.05, 0.1) is 12.4 Å². The lowest BCUT2D eigenvalue weighted by molar-refractivity contribution is 0.227. The number of rotatable bonds is 5. The van der Waals surface area contributed by atoms with Gasteiger partial charge in [-0.3, -0.25) is 4.39 Å². The van der Waals surface area contributed by atoms with Crippen molar-refractivity contribution < 1.29 is 12.8 Å². The van der Waals surface area contributed by atoms with Crippen molar-refractivity contribution >= 4 is 22.4 Å². The zero-order chi connectivity index (χ0) is 12.2. The number of nitrogens with zero attached hydrogens (tertiary/aromatic N) is 1. The van der Waals surface area contributed by atoms with Crippen molar-refractivity contribution in [3.63, 3.8) is 0 Å².